The van der Waals surface area contributed by atoms with Gasteiger partial charge in [-0.3, -0.25) is 0 Å². The van der Waals surface area contributed by atoms with Crippen molar-refractivity contribution in [2.24, 2.45) is 0 Å². The highest BCUT2D eigenvalue weighted by molar-refractivity contribution is 7.89. The van der Waals surface area contributed by atoms with Crippen molar-refractivity contribution in [3.8, 4) is 0 Å². The monoisotopic (exact) mass is 426 g/mol. The van der Waals surface area contributed by atoms with Gasteiger partial charge in [0.1, 0.15) is 5.82 Å². The lowest BCUT2D eigenvalue weighted by Crippen LogP contribution is -2.50. The molecule has 0 aliphatic carbocycles. The molecule has 1 heterocycles. The number of halogens is 1. The van der Waals surface area contributed by atoms with Crippen molar-refractivity contribution >= 4 is 20.0 Å². The summed E-state index contributed by atoms with van der Waals surface area (Å²) in [4.78, 5) is 0.207. The fourth-order valence-electron chi connectivity index (χ4n) is 3.17. The number of rotatable bonds is 6. The van der Waals surface area contributed by atoms with Gasteiger partial charge in [-0.05, 0) is 48.4 Å². The summed E-state index contributed by atoms with van der Waals surface area (Å²) < 4.78 is 66.6. The van der Waals surface area contributed by atoms with Crippen LogP contribution < -0.4 is 0 Å². The number of aryl methyl sites for hydroxylation is 1. The highest BCUT2D eigenvalue weighted by atomic mass is 32.2. The summed E-state index contributed by atoms with van der Waals surface area (Å²) in [5.74, 6) is -0.514. The van der Waals surface area contributed by atoms with E-state index in [0.717, 1.165) is 30.5 Å². The zero-order chi connectivity index (χ0) is 20.4. The third-order valence-corrected chi connectivity index (χ3v) is 8.57. The van der Waals surface area contributed by atoms with Crippen LogP contribution in [0.15, 0.2) is 58.3 Å². The van der Waals surface area contributed by atoms with Crippen molar-refractivity contribution in [3.63, 3.8) is 0 Å². The number of piperazine rings is 1. The molecule has 0 amide bonds. The molecule has 1 aliphatic rings. The summed E-state index contributed by atoms with van der Waals surface area (Å²) in [6, 6.07) is 11.4. The van der Waals surface area contributed by atoms with Crippen LogP contribution in [0, 0.1) is 5.82 Å². The van der Waals surface area contributed by atoms with Crippen LogP contribution in [-0.4, -0.2) is 51.6 Å². The van der Waals surface area contributed by atoms with Crippen LogP contribution in [0.25, 0.3) is 0 Å². The maximum atomic E-state index is 13.0. The van der Waals surface area contributed by atoms with Crippen molar-refractivity contribution in [1.82, 2.24) is 8.61 Å². The Hall–Kier alpha value is -1.81. The number of hydrogen-bond acceptors (Lipinski definition) is 4. The van der Waals surface area contributed by atoms with Gasteiger partial charge in [-0.1, -0.05) is 25.5 Å². The summed E-state index contributed by atoms with van der Waals surface area (Å²) >= 11 is 0. The Morgan fingerprint density at radius 1 is 0.750 bits per heavy atom. The molecule has 1 fully saturated rings. The highest BCUT2D eigenvalue weighted by Gasteiger charge is 2.33. The molecule has 0 bridgehead atoms. The molecule has 0 atom stereocenters. The molecule has 0 saturated carbocycles. The molecule has 0 unspecified atom stereocenters. The van der Waals surface area contributed by atoms with Crippen LogP contribution in [0.1, 0.15) is 18.9 Å². The molecular weight excluding hydrogens is 403 g/mol. The molecule has 0 spiro atoms. The van der Waals surface area contributed by atoms with E-state index in [4.69, 9.17) is 0 Å². The van der Waals surface area contributed by atoms with Gasteiger partial charge < -0.3 is 0 Å². The van der Waals surface area contributed by atoms with E-state index in [1.54, 1.807) is 12.1 Å². The topological polar surface area (TPSA) is 74.8 Å². The first kappa shape index (κ1) is 20.9. The van der Waals surface area contributed by atoms with Gasteiger partial charge in [-0.15, -0.1) is 0 Å². The molecule has 3 rings (SSSR count). The summed E-state index contributed by atoms with van der Waals surface area (Å²) in [5.41, 5.74) is 1.08. The van der Waals surface area contributed by atoms with Crippen LogP contribution >= 0.6 is 0 Å². The second-order valence-electron chi connectivity index (χ2n) is 6.66. The van der Waals surface area contributed by atoms with E-state index in [1.165, 1.54) is 20.7 Å². The first-order valence-electron chi connectivity index (χ1n) is 9.10. The van der Waals surface area contributed by atoms with Crippen LogP contribution in [0.4, 0.5) is 4.39 Å². The van der Waals surface area contributed by atoms with Gasteiger partial charge >= 0.3 is 0 Å². The Kier molecular flexibility index (Phi) is 6.18. The van der Waals surface area contributed by atoms with Crippen LogP contribution in [0.2, 0.25) is 0 Å². The van der Waals surface area contributed by atoms with Crippen LogP contribution in [0.5, 0.6) is 0 Å². The molecule has 9 heteroatoms. The Morgan fingerprint density at radius 3 is 1.54 bits per heavy atom. The molecule has 2 aromatic rings. The average molecular weight is 427 g/mol. The smallest absolute Gasteiger partial charge is 0.207 e. The summed E-state index contributed by atoms with van der Waals surface area (Å²) in [7, 11) is -7.45. The second kappa shape index (κ2) is 8.28. The van der Waals surface area contributed by atoms with Gasteiger partial charge in [0.2, 0.25) is 20.0 Å². The molecule has 0 N–H and O–H groups in total. The van der Waals surface area contributed by atoms with Gasteiger partial charge in [0.15, 0.2) is 0 Å². The molecule has 152 valence electrons. The quantitative estimate of drug-likeness (QED) is 0.711. The predicted octanol–water partition coefficient (Wildman–Crippen LogP) is 2.47. The average Bonchev–Trinajstić information content (AvgIpc) is 2.69. The summed E-state index contributed by atoms with van der Waals surface area (Å²) in [6.07, 6.45) is 1.87. The van der Waals surface area contributed by atoms with Crippen LogP contribution in [-0.2, 0) is 26.5 Å². The maximum Gasteiger partial charge on any atom is 0.243 e. The fourth-order valence-corrected chi connectivity index (χ4v) is 6.02. The molecule has 0 radical (unpaired) electrons. The van der Waals surface area contributed by atoms with E-state index < -0.39 is 25.9 Å². The van der Waals surface area contributed by atoms with Gasteiger partial charge in [-0.25, -0.2) is 21.2 Å². The van der Waals surface area contributed by atoms with E-state index in [0.29, 0.717) is 0 Å². The lowest BCUT2D eigenvalue weighted by atomic mass is 10.1. The molecule has 28 heavy (non-hydrogen) atoms. The number of benzene rings is 2. The molecule has 6 nitrogen and oxygen atoms in total. The van der Waals surface area contributed by atoms with E-state index in [2.05, 4.69) is 6.92 Å². The van der Waals surface area contributed by atoms with Crippen molar-refractivity contribution in [2.75, 3.05) is 26.2 Å². The normalized spacial score (nSPS) is 16.9. The van der Waals surface area contributed by atoms with Gasteiger partial charge in [0.05, 0.1) is 9.79 Å². The van der Waals surface area contributed by atoms with E-state index in [1.807, 2.05) is 12.1 Å². The Balaban J connectivity index is 1.71. The third-order valence-electron chi connectivity index (χ3n) is 4.75. The lowest BCUT2D eigenvalue weighted by molar-refractivity contribution is 0.273. The lowest BCUT2D eigenvalue weighted by Gasteiger charge is -2.33. The van der Waals surface area contributed by atoms with E-state index >= 15 is 0 Å². The standard InChI is InChI=1S/C19H23FN2O4S2/c1-2-3-16-4-8-18(9-5-16)27(23,24)21-12-14-22(15-13-21)28(25,26)19-10-6-17(20)7-11-19/h4-11H,2-3,12-15H2,1H3. The largest absolute Gasteiger partial charge is 0.243 e. The zero-order valence-electron chi connectivity index (χ0n) is 15.6. The predicted molar refractivity (Wildman–Crippen MR) is 104 cm³/mol. The Morgan fingerprint density at radius 2 is 1.14 bits per heavy atom. The molecule has 0 aromatic heterocycles. The minimum Gasteiger partial charge on any atom is -0.207 e. The minimum atomic E-state index is -3.78. The maximum absolute atomic E-state index is 13.0. The van der Waals surface area contributed by atoms with Crippen molar-refractivity contribution in [3.05, 3.63) is 59.9 Å². The fraction of sp³-hybridized carbons (Fsp3) is 0.368. The Bertz CT molecular complexity index is 1010. The molecule has 1 aliphatic heterocycles. The van der Waals surface area contributed by atoms with Crippen molar-refractivity contribution in [1.29, 1.82) is 0 Å². The molecule has 2 aromatic carbocycles. The zero-order valence-corrected chi connectivity index (χ0v) is 17.2. The number of hydrogen-bond donors (Lipinski definition) is 0. The van der Waals surface area contributed by atoms with E-state index in [9.17, 15) is 21.2 Å². The van der Waals surface area contributed by atoms with Gasteiger partial charge in [0, 0.05) is 26.2 Å². The summed E-state index contributed by atoms with van der Waals surface area (Å²) in [6.45, 7) is 2.29. The van der Waals surface area contributed by atoms with E-state index in [-0.39, 0.29) is 36.0 Å². The van der Waals surface area contributed by atoms with Gasteiger partial charge in [0.25, 0.3) is 0 Å². The van der Waals surface area contributed by atoms with Crippen molar-refractivity contribution < 1.29 is 21.2 Å². The molecule has 1 saturated heterocycles. The van der Waals surface area contributed by atoms with Crippen molar-refractivity contribution in [2.45, 2.75) is 29.6 Å². The first-order valence-corrected chi connectivity index (χ1v) is 12.0. The van der Waals surface area contributed by atoms with Crippen LogP contribution in [0.3, 0.4) is 0 Å². The minimum absolute atomic E-state index is 0.00304. The highest BCUT2D eigenvalue weighted by Crippen LogP contribution is 2.22. The SMILES string of the molecule is CCCc1ccc(S(=O)(=O)N2CCN(S(=O)(=O)c3ccc(F)cc3)CC2)cc1. The second-order valence-corrected chi connectivity index (χ2v) is 10.5. The third kappa shape index (κ3) is 4.27. The van der Waals surface area contributed by atoms with Gasteiger partial charge in [-0.2, -0.15) is 8.61 Å². The number of sulfonamides is 2. The first-order chi connectivity index (χ1) is 13.2. The number of nitrogens with zero attached hydrogens (tertiary/aromatic N) is 2. The molecular formula is C19H23FN2O4S2. The Labute approximate surface area is 165 Å². The summed E-state index contributed by atoms with van der Waals surface area (Å²) in [5, 5.41) is 0.